The Hall–Kier alpha value is -1.76. The number of nitrogens with one attached hydrogen (secondary N) is 1. The molecule has 4 nitrogen and oxygen atoms in total. The summed E-state index contributed by atoms with van der Waals surface area (Å²) >= 11 is 0. The molecule has 112 valence electrons. The van der Waals surface area contributed by atoms with Crippen molar-refractivity contribution >= 4 is 5.91 Å². The first-order valence-corrected chi connectivity index (χ1v) is 5.99. The number of rotatable bonds is 5. The summed E-state index contributed by atoms with van der Waals surface area (Å²) < 4.78 is 39.6. The molecule has 0 aliphatic rings. The topological polar surface area (TPSA) is 58.6 Å². The van der Waals surface area contributed by atoms with Crippen molar-refractivity contribution in [3.63, 3.8) is 0 Å². The fraction of sp³-hybridized carbons (Fsp3) is 0.462. The van der Waals surface area contributed by atoms with Gasteiger partial charge in [0.25, 0.3) is 5.91 Å². The third-order valence-electron chi connectivity index (χ3n) is 2.74. The van der Waals surface area contributed by atoms with E-state index < -0.39 is 23.6 Å². The molecule has 0 aliphatic carbocycles. The third-order valence-corrected chi connectivity index (χ3v) is 2.74. The van der Waals surface area contributed by atoms with Gasteiger partial charge >= 0.3 is 6.36 Å². The minimum atomic E-state index is -4.76. The second kappa shape index (κ2) is 6.13. The first kappa shape index (κ1) is 16.3. The number of hydrogen-bond acceptors (Lipinski definition) is 3. The number of benzene rings is 1. The molecule has 1 amide bonds. The van der Waals surface area contributed by atoms with Crippen LogP contribution in [0.1, 0.15) is 30.6 Å². The van der Waals surface area contributed by atoms with Crippen molar-refractivity contribution in [1.82, 2.24) is 5.32 Å². The minimum absolute atomic E-state index is 0.0587. The Kier molecular flexibility index (Phi) is 4.99. The Morgan fingerprint density at radius 3 is 2.30 bits per heavy atom. The Bertz CT molecular complexity index is 455. The predicted octanol–water partition coefficient (Wildman–Crippen LogP) is 2.48. The van der Waals surface area contributed by atoms with E-state index in [-0.39, 0.29) is 12.1 Å². The highest BCUT2D eigenvalue weighted by Gasteiger charge is 2.31. The largest absolute Gasteiger partial charge is 0.573 e. The average Bonchev–Trinajstić information content (AvgIpc) is 2.35. The van der Waals surface area contributed by atoms with Crippen LogP contribution in [0.5, 0.6) is 5.75 Å². The lowest BCUT2D eigenvalue weighted by Crippen LogP contribution is -2.40. The van der Waals surface area contributed by atoms with E-state index in [1.54, 1.807) is 13.8 Å². The average molecular weight is 291 g/mol. The van der Waals surface area contributed by atoms with E-state index in [2.05, 4.69) is 10.1 Å². The molecule has 0 aromatic heterocycles. The maximum atomic E-state index is 12.0. The van der Waals surface area contributed by atoms with Crippen molar-refractivity contribution in [1.29, 1.82) is 0 Å². The molecule has 1 aromatic rings. The van der Waals surface area contributed by atoms with Crippen LogP contribution in [0.15, 0.2) is 24.3 Å². The van der Waals surface area contributed by atoms with E-state index in [9.17, 15) is 23.1 Å². The van der Waals surface area contributed by atoms with Crippen LogP contribution in [0.2, 0.25) is 0 Å². The van der Waals surface area contributed by atoms with Crippen molar-refractivity contribution in [3.8, 4) is 5.75 Å². The van der Waals surface area contributed by atoms with Crippen molar-refractivity contribution in [3.05, 3.63) is 29.8 Å². The Morgan fingerprint density at radius 1 is 1.30 bits per heavy atom. The summed E-state index contributed by atoms with van der Waals surface area (Å²) in [6.07, 6.45) is -4.30. The van der Waals surface area contributed by atoms with Gasteiger partial charge in [-0.05, 0) is 37.6 Å². The van der Waals surface area contributed by atoms with Gasteiger partial charge in [0.05, 0.1) is 5.60 Å². The highest BCUT2D eigenvalue weighted by Crippen LogP contribution is 2.22. The molecular weight excluding hydrogens is 275 g/mol. The monoisotopic (exact) mass is 291 g/mol. The first-order chi connectivity index (χ1) is 9.13. The van der Waals surface area contributed by atoms with Crippen molar-refractivity contribution in [2.24, 2.45) is 0 Å². The molecule has 0 fully saturated rings. The number of amides is 1. The lowest BCUT2D eigenvalue weighted by molar-refractivity contribution is -0.274. The van der Waals surface area contributed by atoms with Gasteiger partial charge < -0.3 is 15.2 Å². The molecule has 0 radical (unpaired) electrons. The quantitative estimate of drug-likeness (QED) is 0.876. The zero-order valence-corrected chi connectivity index (χ0v) is 11.1. The van der Waals surface area contributed by atoms with Crippen LogP contribution in [-0.2, 0) is 0 Å². The summed E-state index contributed by atoms with van der Waals surface area (Å²) in [6.45, 7) is 3.41. The lowest BCUT2D eigenvalue weighted by atomic mass is 10.0. The summed E-state index contributed by atoms with van der Waals surface area (Å²) in [5.74, 6) is -0.869. The molecule has 0 spiro atoms. The molecule has 1 aromatic carbocycles. The summed E-state index contributed by atoms with van der Waals surface area (Å²) in [5.41, 5.74) is -0.832. The summed E-state index contributed by atoms with van der Waals surface area (Å²) in [5, 5.41) is 12.2. The Labute approximate surface area is 114 Å². The van der Waals surface area contributed by atoms with Gasteiger partial charge in [0.1, 0.15) is 5.75 Å². The van der Waals surface area contributed by atoms with Gasteiger partial charge in [-0.15, -0.1) is 13.2 Å². The second-order valence-electron chi connectivity index (χ2n) is 4.61. The van der Waals surface area contributed by atoms with E-state index in [1.165, 1.54) is 12.1 Å². The number of carbonyl (C=O) groups excluding carboxylic acids is 1. The SMILES string of the molecule is CCC(C)(O)CNC(=O)c1ccc(OC(F)(F)F)cc1. The van der Waals surface area contributed by atoms with E-state index >= 15 is 0 Å². The highest BCUT2D eigenvalue weighted by molar-refractivity contribution is 5.94. The smallest absolute Gasteiger partial charge is 0.406 e. The summed E-state index contributed by atoms with van der Waals surface area (Å²) in [6, 6.07) is 4.55. The minimum Gasteiger partial charge on any atom is -0.406 e. The standard InChI is InChI=1S/C13H16F3NO3/c1-3-12(2,19)8-17-11(18)9-4-6-10(7-5-9)20-13(14,15)16/h4-7,19H,3,8H2,1-2H3,(H,17,18). The molecular formula is C13H16F3NO3. The van der Waals surface area contributed by atoms with E-state index in [0.717, 1.165) is 12.1 Å². The molecule has 0 aliphatic heterocycles. The van der Waals surface area contributed by atoms with E-state index in [0.29, 0.717) is 6.42 Å². The highest BCUT2D eigenvalue weighted by atomic mass is 19.4. The van der Waals surface area contributed by atoms with Gasteiger partial charge in [0.15, 0.2) is 0 Å². The van der Waals surface area contributed by atoms with Gasteiger partial charge in [-0.3, -0.25) is 4.79 Å². The van der Waals surface area contributed by atoms with Crippen LogP contribution >= 0.6 is 0 Å². The van der Waals surface area contributed by atoms with Crippen molar-refractivity contribution < 1.29 is 27.8 Å². The maximum Gasteiger partial charge on any atom is 0.573 e. The fourth-order valence-corrected chi connectivity index (χ4v) is 1.31. The number of aliphatic hydroxyl groups is 1. The molecule has 20 heavy (non-hydrogen) atoms. The van der Waals surface area contributed by atoms with Gasteiger partial charge in [-0.1, -0.05) is 6.92 Å². The van der Waals surface area contributed by atoms with Crippen molar-refractivity contribution in [2.75, 3.05) is 6.54 Å². The van der Waals surface area contributed by atoms with Crippen LogP contribution in [0.4, 0.5) is 13.2 Å². The normalized spacial score (nSPS) is 14.5. The van der Waals surface area contributed by atoms with Crippen LogP contribution < -0.4 is 10.1 Å². The van der Waals surface area contributed by atoms with Crippen LogP contribution in [0.3, 0.4) is 0 Å². The molecule has 7 heteroatoms. The van der Waals surface area contributed by atoms with Crippen LogP contribution in [0.25, 0.3) is 0 Å². The predicted molar refractivity (Wildman–Crippen MR) is 66.4 cm³/mol. The van der Waals surface area contributed by atoms with Crippen LogP contribution in [0, 0.1) is 0 Å². The molecule has 1 atom stereocenters. The molecule has 1 rings (SSSR count). The number of ether oxygens (including phenoxy) is 1. The Morgan fingerprint density at radius 2 is 1.85 bits per heavy atom. The molecule has 2 N–H and O–H groups in total. The molecule has 1 unspecified atom stereocenters. The van der Waals surface area contributed by atoms with Gasteiger partial charge in [0.2, 0.25) is 0 Å². The lowest BCUT2D eigenvalue weighted by Gasteiger charge is -2.21. The van der Waals surface area contributed by atoms with Crippen molar-refractivity contribution in [2.45, 2.75) is 32.2 Å². The zero-order chi connectivity index (χ0) is 15.4. The molecule has 0 bridgehead atoms. The third kappa shape index (κ3) is 5.48. The second-order valence-corrected chi connectivity index (χ2v) is 4.61. The number of halogens is 3. The molecule has 0 heterocycles. The van der Waals surface area contributed by atoms with Crippen LogP contribution in [-0.4, -0.2) is 29.5 Å². The number of carbonyl (C=O) groups is 1. The fourth-order valence-electron chi connectivity index (χ4n) is 1.31. The van der Waals surface area contributed by atoms with Gasteiger partial charge in [-0.25, -0.2) is 0 Å². The zero-order valence-electron chi connectivity index (χ0n) is 11.1. The van der Waals surface area contributed by atoms with Gasteiger partial charge in [0, 0.05) is 12.1 Å². The molecule has 0 saturated carbocycles. The van der Waals surface area contributed by atoms with Gasteiger partial charge in [-0.2, -0.15) is 0 Å². The number of alkyl halides is 3. The van der Waals surface area contributed by atoms with E-state index in [1.807, 2.05) is 0 Å². The molecule has 0 saturated heterocycles. The Balaban J connectivity index is 2.62. The first-order valence-electron chi connectivity index (χ1n) is 5.99. The van der Waals surface area contributed by atoms with E-state index in [4.69, 9.17) is 0 Å². The number of hydrogen-bond donors (Lipinski definition) is 2. The maximum absolute atomic E-state index is 12.0. The summed E-state index contributed by atoms with van der Waals surface area (Å²) in [7, 11) is 0. The summed E-state index contributed by atoms with van der Waals surface area (Å²) in [4.78, 5) is 11.7.